The van der Waals surface area contributed by atoms with Crippen molar-refractivity contribution in [2.24, 2.45) is 0 Å². The zero-order valence-electron chi connectivity index (χ0n) is 11.5. The molecule has 1 N–H and O–H groups in total. The van der Waals surface area contributed by atoms with Gasteiger partial charge in [-0.25, -0.2) is 0 Å². The first-order valence-electron chi connectivity index (χ1n) is 6.22. The molecule has 0 aliphatic carbocycles. The molecule has 2 unspecified atom stereocenters. The van der Waals surface area contributed by atoms with Gasteiger partial charge in [-0.2, -0.15) is 5.10 Å². The number of aromatic nitrogens is 2. The van der Waals surface area contributed by atoms with Crippen LogP contribution < -0.4 is 5.32 Å². The van der Waals surface area contributed by atoms with Gasteiger partial charge in [-0.05, 0) is 42.7 Å². The molecule has 0 radical (unpaired) electrons. The number of rotatable bonds is 7. The van der Waals surface area contributed by atoms with Crippen molar-refractivity contribution in [3.05, 3.63) is 15.9 Å². The highest BCUT2D eigenvalue weighted by Crippen LogP contribution is 2.20. The fraction of sp³-hybridized carbons (Fsp3) is 0.750. The number of aryl methyl sites for hydroxylation is 2. The summed E-state index contributed by atoms with van der Waals surface area (Å²) in [6.07, 6.45) is 2.69. The van der Waals surface area contributed by atoms with Crippen LogP contribution in [0.2, 0.25) is 0 Å². The highest BCUT2D eigenvalue weighted by atomic mass is 79.9. The van der Waals surface area contributed by atoms with Gasteiger partial charge in [0, 0.05) is 35.4 Å². The zero-order valence-corrected chi connectivity index (χ0v) is 13.9. The fourth-order valence-corrected chi connectivity index (χ4v) is 2.59. The van der Waals surface area contributed by atoms with Crippen molar-refractivity contribution < 1.29 is 4.21 Å². The van der Waals surface area contributed by atoms with Crippen LogP contribution in [0, 0.1) is 6.92 Å². The lowest BCUT2D eigenvalue weighted by molar-refractivity contribution is 0.567. The van der Waals surface area contributed by atoms with Crippen LogP contribution in [0.4, 0.5) is 0 Å². The lowest BCUT2D eigenvalue weighted by Gasteiger charge is -2.10. The minimum Gasteiger partial charge on any atom is -0.311 e. The van der Waals surface area contributed by atoms with Gasteiger partial charge in [-0.1, -0.05) is 6.92 Å². The van der Waals surface area contributed by atoms with Crippen LogP contribution in [0.15, 0.2) is 4.47 Å². The predicted molar refractivity (Wildman–Crippen MR) is 80.2 cm³/mol. The monoisotopic (exact) mass is 335 g/mol. The van der Waals surface area contributed by atoms with Crippen molar-refractivity contribution in [1.29, 1.82) is 0 Å². The summed E-state index contributed by atoms with van der Waals surface area (Å²) in [6.45, 7) is 8.65. The Kier molecular flexibility index (Phi) is 6.52. The van der Waals surface area contributed by atoms with E-state index in [4.69, 9.17) is 0 Å². The minimum atomic E-state index is -0.731. The molecule has 0 saturated carbocycles. The highest BCUT2D eigenvalue weighted by molar-refractivity contribution is 9.10. The molecule has 2 atom stereocenters. The Morgan fingerprint density at radius 3 is 2.78 bits per heavy atom. The number of nitrogens with one attached hydrogen (secondary N) is 1. The van der Waals surface area contributed by atoms with Crippen LogP contribution in [0.1, 0.15) is 31.7 Å². The molecule has 6 heteroatoms. The molecule has 0 aromatic carbocycles. The summed E-state index contributed by atoms with van der Waals surface area (Å²) in [5.74, 6) is 0. The zero-order chi connectivity index (χ0) is 13.7. The van der Waals surface area contributed by atoms with E-state index < -0.39 is 10.8 Å². The van der Waals surface area contributed by atoms with E-state index in [0.29, 0.717) is 0 Å². The molecule has 0 amide bonds. The van der Waals surface area contributed by atoms with Gasteiger partial charge in [0.15, 0.2) is 0 Å². The largest absolute Gasteiger partial charge is 0.311 e. The van der Waals surface area contributed by atoms with E-state index in [0.717, 1.165) is 36.2 Å². The minimum absolute atomic E-state index is 0.249. The summed E-state index contributed by atoms with van der Waals surface area (Å²) in [6, 6.07) is 0. The second-order valence-corrected chi connectivity index (χ2v) is 7.03. The summed E-state index contributed by atoms with van der Waals surface area (Å²) in [4.78, 5) is 0. The van der Waals surface area contributed by atoms with Crippen LogP contribution in [0.5, 0.6) is 0 Å². The van der Waals surface area contributed by atoms with E-state index in [-0.39, 0.29) is 5.25 Å². The molecule has 1 rings (SSSR count). The number of hydrogen-bond acceptors (Lipinski definition) is 3. The van der Waals surface area contributed by atoms with Gasteiger partial charge in [0.25, 0.3) is 0 Å². The molecule has 0 saturated heterocycles. The summed E-state index contributed by atoms with van der Waals surface area (Å²) >= 11 is 3.57. The molecule has 1 aromatic rings. The van der Waals surface area contributed by atoms with Gasteiger partial charge in [0.05, 0.1) is 15.9 Å². The molecule has 0 aliphatic heterocycles. The Labute approximate surface area is 120 Å². The van der Waals surface area contributed by atoms with Crippen LogP contribution in [0.3, 0.4) is 0 Å². The lowest BCUT2D eigenvalue weighted by Crippen LogP contribution is -2.22. The molecule has 1 aromatic heterocycles. The molecule has 0 aliphatic rings. The van der Waals surface area contributed by atoms with Gasteiger partial charge in [-0.15, -0.1) is 0 Å². The topological polar surface area (TPSA) is 46.9 Å². The predicted octanol–water partition coefficient (Wildman–Crippen LogP) is 2.22. The van der Waals surface area contributed by atoms with Crippen LogP contribution >= 0.6 is 15.9 Å². The van der Waals surface area contributed by atoms with Gasteiger partial charge < -0.3 is 5.32 Å². The quantitative estimate of drug-likeness (QED) is 0.777. The van der Waals surface area contributed by atoms with E-state index in [1.165, 1.54) is 5.69 Å². The average Bonchev–Trinajstić information content (AvgIpc) is 2.61. The molecule has 0 bridgehead atoms. The maximum Gasteiger partial charge on any atom is 0.0739 e. The fourth-order valence-electron chi connectivity index (χ4n) is 1.72. The second kappa shape index (κ2) is 7.40. The smallest absolute Gasteiger partial charge is 0.0739 e. The third-order valence-electron chi connectivity index (χ3n) is 3.04. The number of nitrogens with zero attached hydrogens (tertiary/aromatic N) is 2. The summed E-state index contributed by atoms with van der Waals surface area (Å²) in [5, 5.41) is 8.09. The lowest BCUT2D eigenvalue weighted by atomic mass is 10.3. The average molecular weight is 336 g/mol. The van der Waals surface area contributed by atoms with Gasteiger partial charge >= 0.3 is 0 Å². The van der Waals surface area contributed by atoms with E-state index in [9.17, 15) is 4.21 Å². The van der Waals surface area contributed by atoms with Gasteiger partial charge in [-0.3, -0.25) is 8.89 Å². The summed E-state index contributed by atoms with van der Waals surface area (Å²) in [5.41, 5.74) is 2.21. The van der Waals surface area contributed by atoms with Crippen molar-refractivity contribution in [3.8, 4) is 0 Å². The van der Waals surface area contributed by atoms with Crippen LogP contribution in [0.25, 0.3) is 0 Å². The normalized spacial score (nSPS) is 14.7. The molecule has 1 heterocycles. The third-order valence-corrected chi connectivity index (χ3v) is 5.44. The third kappa shape index (κ3) is 4.17. The first kappa shape index (κ1) is 15.9. The Hall–Kier alpha value is -0.200. The Morgan fingerprint density at radius 1 is 1.56 bits per heavy atom. The SMILES string of the molecule is CCn1nc(C)c(Br)c1CNCCC(C)S(C)=O. The van der Waals surface area contributed by atoms with E-state index in [1.54, 1.807) is 6.26 Å². The Bertz CT molecular complexity index is 420. The standard InChI is InChI=1S/C12H22BrN3OS/c1-5-16-11(12(13)10(3)15-16)8-14-7-6-9(2)18(4)17/h9,14H,5-8H2,1-4H3. The molecule has 18 heavy (non-hydrogen) atoms. The van der Waals surface area contributed by atoms with Crippen LogP contribution in [-0.2, 0) is 23.9 Å². The summed E-state index contributed by atoms with van der Waals surface area (Å²) < 4.78 is 14.3. The first-order valence-corrected chi connectivity index (χ1v) is 8.63. The molecular weight excluding hydrogens is 314 g/mol. The molecule has 0 fully saturated rings. The maximum absolute atomic E-state index is 11.2. The molecule has 104 valence electrons. The Morgan fingerprint density at radius 2 is 2.22 bits per heavy atom. The highest BCUT2D eigenvalue weighted by Gasteiger charge is 2.11. The summed E-state index contributed by atoms with van der Waals surface area (Å²) in [7, 11) is -0.731. The molecule has 4 nitrogen and oxygen atoms in total. The van der Waals surface area contributed by atoms with Crippen molar-refractivity contribution in [2.45, 2.75) is 45.5 Å². The van der Waals surface area contributed by atoms with Crippen molar-refractivity contribution in [2.75, 3.05) is 12.8 Å². The number of halogens is 1. The van der Waals surface area contributed by atoms with Crippen molar-refractivity contribution in [1.82, 2.24) is 15.1 Å². The molecule has 0 spiro atoms. The maximum atomic E-state index is 11.2. The van der Waals surface area contributed by atoms with Gasteiger partial charge in [0.1, 0.15) is 0 Å². The van der Waals surface area contributed by atoms with E-state index in [2.05, 4.69) is 33.3 Å². The second-order valence-electron chi connectivity index (χ2n) is 4.44. The van der Waals surface area contributed by atoms with Crippen molar-refractivity contribution >= 4 is 26.7 Å². The van der Waals surface area contributed by atoms with E-state index in [1.807, 2.05) is 18.5 Å². The Balaban J connectivity index is 2.46. The first-order chi connectivity index (χ1) is 8.47. The van der Waals surface area contributed by atoms with Gasteiger partial charge in [0.2, 0.25) is 0 Å². The van der Waals surface area contributed by atoms with E-state index >= 15 is 0 Å². The van der Waals surface area contributed by atoms with Crippen LogP contribution in [-0.4, -0.2) is 32.0 Å². The molecular formula is C12H22BrN3OS. The number of hydrogen-bond donors (Lipinski definition) is 1. The van der Waals surface area contributed by atoms with Crippen molar-refractivity contribution in [3.63, 3.8) is 0 Å².